The van der Waals surface area contributed by atoms with Gasteiger partial charge >= 0.3 is 0 Å². The SMILES string of the molecule is CCCC(C)NCCOCCCC(C)C. The van der Waals surface area contributed by atoms with Crippen LogP contribution in [0.2, 0.25) is 0 Å². The van der Waals surface area contributed by atoms with Gasteiger partial charge in [-0.2, -0.15) is 0 Å². The van der Waals surface area contributed by atoms with Gasteiger partial charge in [0.2, 0.25) is 0 Å². The topological polar surface area (TPSA) is 21.3 Å². The second-order valence-electron chi connectivity index (χ2n) is 4.79. The Bertz CT molecular complexity index is 126. The van der Waals surface area contributed by atoms with Crippen molar-refractivity contribution in [3.05, 3.63) is 0 Å². The van der Waals surface area contributed by atoms with Crippen LogP contribution in [0.4, 0.5) is 0 Å². The fourth-order valence-corrected chi connectivity index (χ4v) is 1.61. The van der Waals surface area contributed by atoms with Crippen LogP contribution >= 0.6 is 0 Å². The molecule has 0 spiro atoms. The highest BCUT2D eigenvalue weighted by atomic mass is 16.5. The summed E-state index contributed by atoms with van der Waals surface area (Å²) in [7, 11) is 0. The average Bonchev–Trinajstić information content (AvgIpc) is 2.16. The van der Waals surface area contributed by atoms with Crippen LogP contribution in [-0.4, -0.2) is 25.8 Å². The molecule has 0 aromatic rings. The van der Waals surface area contributed by atoms with E-state index in [9.17, 15) is 0 Å². The normalized spacial score (nSPS) is 13.4. The molecule has 0 amide bonds. The number of ether oxygens (including phenoxy) is 1. The summed E-state index contributed by atoms with van der Waals surface area (Å²) in [4.78, 5) is 0. The zero-order chi connectivity index (χ0) is 11.5. The molecule has 0 aliphatic carbocycles. The van der Waals surface area contributed by atoms with E-state index in [1.807, 2.05) is 0 Å². The smallest absolute Gasteiger partial charge is 0.0590 e. The van der Waals surface area contributed by atoms with Gasteiger partial charge < -0.3 is 10.1 Å². The van der Waals surface area contributed by atoms with E-state index in [1.165, 1.54) is 25.7 Å². The van der Waals surface area contributed by atoms with E-state index in [4.69, 9.17) is 4.74 Å². The zero-order valence-electron chi connectivity index (χ0n) is 11.0. The molecule has 1 atom stereocenters. The third-order valence-corrected chi connectivity index (χ3v) is 2.53. The third kappa shape index (κ3) is 11.8. The van der Waals surface area contributed by atoms with Crippen LogP contribution in [0.3, 0.4) is 0 Å². The second-order valence-corrected chi connectivity index (χ2v) is 4.79. The Morgan fingerprint density at radius 2 is 1.80 bits per heavy atom. The lowest BCUT2D eigenvalue weighted by atomic mass is 10.1. The van der Waals surface area contributed by atoms with Gasteiger partial charge in [-0.1, -0.05) is 27.2 Å². The molecule has 0 saturated carbocycles. The lowest BCUT2D eigenvalue weighted by Gasteiger charge is -2.12. The summed E-state index contributed by atoms with van der Waals surface area (Å²) in [6, 6.07) is 0.634. The van der Waals surface area contributed by atoms with Gasteiger partial charge in [-0.05, 0) is 32.1 Å². The molecule has 0 heterocycles. The molecule has 0 aliphatic rings. The molecule has 1 unspecified atom stereocenters. The summed E-state index contributed by atoms with van der Waals surface area (Å²) >= 11 is 0. The minimum Gasteiger partial charge on any atom is -0.380 e. The Balaban J connectivity index is 3.04. The number of rotatable bonds is 10. The van der Waals surface area contributed by atoms with Crippen molar-refractivity contribution < 1.29 is 4.74 Å². The van der Waals surface area contributed by atoms with Crippen molar-refractivity contribution in [3.63, 3.8) is 0 Å². The Labute approximate surface area is 95.8 Å². The molecule has 2 nitrogen and oxygen atoms in total. The maximum absolute atomic E-state index is 5.55. The van der Waals surface area contributed by atoms with Gasteiger partial charge in [0, 0.05) is 19.2 Å². The van der Waals surface area contributed by atoms with Crippen LogP contribution in [0.25, 0.3) is 0 Å². The van der Waals surface area contributed by atoms with E-state index in [2.05, 4.69) is 33.0 Å². The summed E-state index contributed by atoms with van der Waals surface area (Å²) in [6.07, 6.45) is 4.98. The number of hydrogen-bond donors (Lipinski definition) is 1. The maximum atomic E-state index is 5.55. The number of nitrogens with one attached hydrogen (secondary N) is 1. The van der Waals surface area contributed by atoms with E-state index >= 15 is 0 Å². The van der Waals surface area contributed by atoms with Crippen LogP contribution in [0.1, 0.15) is 53.4 Å². The van der Waals surface area contributed by atoms with Crippen LogP contribution in [0.15, 0.2) is 0 Å². The largest absolute Gasteiger partial charge is 0.380 e. The van der Waals surface area contributed by atoms with E-state index in [0.29, 0.717) is 6.04 Å². The zero-order valence-corrected chi connectivity index (χ0v) is 11.0. The van der Waals surface area contributed by atoms with Gasteiger partial charge in [0.05, 0.1) is 6.61 Å². The summed E-state index contributed by atoms with van der Waals surface area (Å²) < 4.78 is 5.55. The van der Waals surface area contributed by atoms with Crippen LogP contribution in [-0.2, 0) is 4.74 Å². The monoisotopic (exact) mass is 215 g/mol. The summed E-state index contributed by atoms with van der Waals surface area (Å²) in [5.74, 6) is 0.802. The predicted octanol–water partition coefficient (Wildman–Crippen LogP) is 3.22. The van der Waals surface area contributed by atoms with E-state index in [0.717, 1.165) is 25.7 Å². The minimum absolute atomic E-state index is 0.634. The first-order valence-electron chi connectivity index (χ1n) is 6.48. The summed E-state index contributed by atoms with van der Waals surface area (Å²) in [5, 5.41) is 3.46. The van der Waals surface area contributed by atoms with Crippen molar-refractivity contribution in [3.8, 4) is 0 Å². The fraction of sp³-hybridized carbons (Fsp3) is 1.00. The second kappa shape index (κ2) is 10.4. The summed E-state index contributed by atoms with van der Waals surface area (Å²) in [6.45, 7) is 11.7. The maximum Gasteiger partial charge on any atom is 0.0590 e. The first kappa shape index (κ1) is 14.9. The molecule has 0 rings (SSSR count). The van der Waals surface area contributed by atoms with E-state index in [1.54, 1.807) is 0 Å². The molecule has 0 aromatic carbocycles. The van der Waals surface area contributed by atoms with Crippen LogP contribution < -0.4 is 5.32 Å². The van der Waals surface area contributed by atoms with Gasteiger partial charge in [-0.3, -0.25) is 0 Å². The van der Waals surface area contributed by atoms with Crippen molar-refractivity contribution in [2.24, 2.45) is 5.92 Å². The molecule has 92 valence electrons. The molecule has 0 bridgehead atoms. The average molecular weight is 215 g/mol. The van der Waals surface area contributed by atoms with Gasteiger partial charge in [0.15, 0.2) is 0 Å². The standard InChI is InChI=1S/C13H29NO/c1-5-7-13(4)14-9-11-15-10-6-8-12(2)3/h12-14H,5-11H2,1-4H3. The fourth-order valence-electron chi connectivity index (χ4n) is 1.61. The molecule has 0 aliphatic heterocycles. The van der Waals surface area contributed by atoms with Crippen LogP contribution in [0, 0.1) is 5.92 Å². The molecular formula is C13H29NO. The lowest BCUT2D eigenvalue weighted by Crippen LogP contribution is -2.29. The Morgan fingerprint density at radius 1 is 1.07 bits per heavy atom. The molecule has 0 radical (unpaired) electrons. The molecule has 1 N–H and O–H groups in total. The third-order valence-electron chi connectivity index (χ3n) is 2.53. The van der Waals surface area contributed by atoms with Gasteiger partial charge in [-0.15, -0.1) is 0 Å². The van der Waals surface area contributed by atoms with Crippen molar-refractivity contribution in [2.45, 2.75) is 59.4 Å². The van der Waals surface area contributed by atoms with Gasteiger partial charge in [-0.25, -0.2) is 0 Å². The first-order valence-corrected chi connectivity index (χ1v) is 6.48. The molecule has 0 fully saturated rings. The van der Waals surface area contributed by atoms with Crippen molar-refractivity contribution in [1.82, 2.24) is 5.32 Å². The summed E-state index contributed by atoms with van der Waals surface area (Å²) in [5.41, 5.74) is 0. The molecule has 0 aromatic heterocycles. The van der Waals surface area contributed by atoms with Crippen molar-refractivity contribution in [2.75, 3.05) is 19.8 Å². The first-order chi connectivity index (χ1) is 7.16. The molecule has 0 saturated heterocycles. The molecule has 15 heavy (non-hydrogen) atoms. The molecule has 2 heteroatoms. The highest BCUT2D eigenvalue weighted by Crippen LogP contribution is 2.02. The van der Waals surface area contributed by atoms with Gasteiger partial charge in [0.1, 0.15) is 0 Å². The Morgan fingerprint density at radius 3 is 2.40 bits per heavy atom. The highest BCUT2D eigenvalue weighted by molar-refractivity contribution is 4.58. The van der Waals surface area contributed by atoms with E-state index < -0.39 is 0 Å². The number of hydrogen-bond acceptors (Lipinski definition) is 2. The lowest BCUT2D eigenvalue weighted by molar-refractivity contribution is 0.127. The minimum atomic E-state index is 0.634. The quantitative estimate of drug-likeness (QED) is 0.565. The molecular weight excluding hydrogens is 186 g/mol. The van der Waals surface area contributed by atoms with Crippen molar-refractivity contribution in [1.29, 1.82) is 0 Å². The van der Waals surface area contributed by atoms with Crippen molar-refractivity contribution >= 4 is 0 Å². The predicted molar refractivity (Wildman–Crippen MR) is 67.3 cm³/mol. The van der Waals surface area contributed by atoms with Gasteiger partial charge in [0.25, 0.3) is 0 Å². The highest BCUT2D eigenvalue weighted by Gasteiger charge is 1.98. The Kier molecular flexibility index (Phi) is 10.4. The van der Waals surface area contributed by atoms with Crippen LogP contribution in [0.5, 0.6) is 0 Å². The Hall–Kier alpha value is -0.0800. The van der Waals surface area contributed by atoms with E-state index in [-0.39, 0.29) is 0 Å².